The van der Waals surface area contributed by atoms with Crippen molar-refractivity contribution in [3.63, 3.8) is 0 Å². The Kier molecular flexibility index (Phi) is 3.90. The van der Waals surface area contributed by atoms with Crippen molar-refractivity contribution in [2.75, 3.05) is 0 Å². The van der Waals surface area contributed by atoms with Crippen LogP contribution in [0.2, 0.25) is 0 Å². The number of rotatable bonds is 3. The van der Waals surface area contributed by atoms with Crippen LogP contribution in [0.4, 0.5) is 0 Å². The zero-order valence-electron chi connectivity index (χ0n) is 12.9. The van der Waals surface area contributed by atoms with Crippen LogP contribution in [0.25, 0.3) is 10.8 Å². The number of carbonyl (C=O) groups is 1. The predicted molar refractivity (Wildman–Crippen MR) is 83.9 cm³/mol. The van der Waals surface area contributed by atoms with Gasteiger partial charge in [0.15, 0.2) is 0 Å². The van der Waals surface area contributed by atoms with Gasteiger partial charge in [-0.3, -0.25) is 4.79 Å². The first-order valence-electron chi connectivity index (χ1n) is 7.14. The summed E-state index contributed by atoms with van der Waals surface area (Å²) in [4.78, 5) is 23.7. The molecule has 21 heavy (non-hydrogen) atoms. The molecule has 1 unspecified atom stereocenters. The second-order valence-electron chi connectivity index (χ2n) is 6.34. The Morgan fingerprint density at radius 2 is 1.95 bits per heavy atom. The maximum Gasteiger partial charge on any atom is 0.326 e. The van der Waals surface area contributed by atoms with E-state index in [1.54, 1.807) is 19.2 Å². The summed E-state index contributed by atoms with van der Waals surface area (Å²) in [6.07, 6.45) is 1.96. The van der Waals surface area contributed by atoms with Crippen LogP contribution in [0.1, 0.15) is 45.7 Å². The van der Waals surface area contributed by atoms with Crippen LogP contribution in [0.15, 0.2) is 35.3 Å². The highest BCUT2D eigenvalue weighted by Gasteiger charge is 2.20. The minimum Gasteiger partial charge on any atom is -0.480 e. The van der Waals surface area contributed by atoms with Gasteiger partial charge in [-0.15, -0.1) is 0 Å². The third-order valence-corrected chi connectivity index (χ3v) is 3.80. The molecule has 0 aliphatic heterocycles. The van der Waals surface area contributed by atoms with E-state index in [2.05, 4.69) is 20.8 Å². The van der Waals surface area contributed by atoms with Crippen LogP contribution in [0.5, 0.6) is 0 Å². The molecular weight excluding hydrogens is 266 g/mol. The number of carboxylic acids is 1. The normalized spacial score (nSPS) is 13.3. The highest BCUT2D eigenvalue weighted by atomic mass is 16.4. The summed E-state index contributed by atoms with van der Waals surface area (Å²) >= 11 is 0. The second-order valence-corrected chi connectivity index (χ2v) is 6.34. The molecule has 0 bridgehead atoms. The quantitative estimate of drug-likeness (QED) is 0.942. The smallest absolute Gasteiger partial charge is 0.326 e. The number of fused-ring (bicyclic) bond motifs is 1. The van der Waals surface area contributed by atoms with Crippen molar-refractivity contribution in [3.8, 4) is 0 Å². The number of carboxylic acid groups (broad SMARTS) is 1. The van der Waals surface area contributed by atoms with Gasteiger partial charge in [-0.1, -0.05) is 39.8 Å². The van der Waals surface area contributed by atoms with Gasteiger partial charge in [-0.25, -0.2) is 4.79 Å². The van der Waals surface area contributed by atoms with Gasteiger partial charge in [0.25, 0.3) is 5.56 Å². The Balaban J connectivity index is 2.64. The summed E-state index contributed by atoms with van der Waals surface area (Å²) in [5.41, 5.74) is 0.912. The van der Waals surface area contributed by atoms with Crippen LogP contribution in [0, 0.1) is 0 Å². The fraction of sp³-hybridized carbons (Fsp3) is 0.412. The van der Waals surface area contributed by atoms with E-state index >= 15 is 0 Å². The predicted octanol–water partition coefficient (Wildman–Crippen LogP) is 3.33. The van der Waals surface area contributed by atoms with E-state index < -0.39 is 12.0 Å². The maximum atomic E-state index is 12.5. The lowest BCUT2D eigenvalue weighted by atomic mass is 9.86. The highest BCUT2D eigenvalue weighted by Crippen LogP contribution is 2.25. The van der Waals surface area contributed by atoms with Crippen molar-refractivity contribution in [2.24, 2.45) is 0 Å². The van der Waals surface area contributed by atoms with E-state index in [-0.39, 0.29) is 11.0 Å². The first kappa shape index (κ1) is 15.3. The number of nitrogens with zero attached hydrogens (tertiary/aromatic N) is 1. The molecule has 1 aromatic carbocycles. The summed E-state index contributed by atoms with van der Waals surface area (Å²) in [7, 11) is 0. The molecule has 4 heteroatoms. The topological polar surface area (TPSA) is 59.3 Å². The SMILES string of the molecule is CCC(C(=O)O)n1ccc2cc(C(C)(C)C)ccc2c1=O. The molecule has 0 aliphatic carbocycles. The van der Waals surface area contributed by atoms with Crippen molar-refractivity contribution < 1.29 is 9.90 Å². The van der Waals surface area contributed by atoms with E-state index in [9.17, 15) is 14.7 Å². The zero-order chi connectivity index (χ0) is 15.8. The molecular formula is C17H21NO3. The Morgan fingerprint density at radius 1 is 1.29 bits per heavy atom. The van der Waals surface area contributed by atoms with E-state index in [1.807, 2.05) is 18.2 Å². The Labute approximate surface area is 124 Å². The average molecular weight is 287 g/mol. The first-order valence-corrected chi connectivity index (χ1v) is 7.14. The highest BCUT2D eigenvalue weighted by molar-refractivity contribution is 5.83. The fourth-order valence-corrected chi connectivity index (χ4v) is 2.47. The molecule has 0 radical (unpaired) electrons. The molecule has 4 nitrogen and oxygen atoms in total. The molecule has 1 atom stereocenters. The molecule has 1 heterocycles. The monoisotopic (exact) mass is 287 g/mol. The molecule has 0 saturated heterocycles. The molecule has 2 rings (SSSR count). The van der Waals surface area contributed by atoms with Gasteiger partial charge < -0.3 is 9.67 Å². The average Bonchev–Trinajstić information content (AvgIpc) is 2.40. The minimum atomic E-state index is -0.981. The number of aromatic nitrogens is 1. The number of aliphatic carboxylic acids is 1. The Hall–Kier alpha value is -2.10. The number of pyridine rings is 1. The van der Waals surface area contributed by atoms with Crippen LogP contribution in [-0.2, 0) is 10.2 Å². The van der Waals surface area contributed by atoms with Crippen LogP contribution >= 0.6 is 0 Å². The lowest BCUT2D eigenvalue weighted by Gasteiger charge is -2.20. The molecule has 0 saturated carbocycles. The molecule has 0 fully saturated rings. The maximum absolute atomic E-state index is 12.5. The molecule has 1 aromatic heterocycles. The standard InChI is InChI=1S/C17H21NO3/c1-5-14(16(20)21)18-9-8-11-10-12(17(2,3)4)6-7-13(11)15(18)19/h6-10,14H,5H2,1-4H3,(H,20,21). The molecule has 0 aliphatic rings. The van der Waals surface area contributed by atoms with Crippen LogP contribution in [-0.4, -0.2) is 15.6 Å². The third kappa shape index (κ3) is 2.84. The number of hydrogen-bond donors (Lipinski definition) is 1. The Bertz CT molecular complexity index is 738. The molecule has 1 N–H and O–H groups in total. The van der Waals surface area contributed by atoms with E-state index in [1.165, 1.54) is 4.57 Å². The van der Waals surface area contributed by atoms with Crippen LogP contribution in [0.3, 0.4) is 0 Å². The van der Waals surface area contributed by atoms with Gasteiger partial charge in [0.05, 0.1) is 0 Å². The van der Waals surface area contributed by atoms with Gasteiger partial charge >= 0.3 is 5.97 Å². The Morgan fingerprint density at radius 3 is 2.48 bits per heavy atom. The van der Waals surface area contributed by atoms with Crippen molar-refractivity contribution in [1.29, 1.82) is 0 Å². The summed E-state index contributed by atoms with van der Waals surface area (Å²) in [5, 5.41) is 10.6. The summed E-state index contributed by atoms with van der Waals surface area (Å²) in [6, 6.07) is 6.74. The van der Waals surface area contributed by atoms with Crippen LogP contribution < -0.4 is 5.56 Å². The van der Waals surface area contributed by atoms with Crippen molar-refractivity contribution in [3.05, 3.63) is 46.4 Å². The molecule has 0 spiro atoms. The molecule has 112 valence electrons. The largest absolute Gasteiger partial charge is 0.480 e. The third-order valence-electron chi connectivity index (χ3n) is 3.80. The summed E-state index contributed by atoms with van der Waals surface area (Å²) in [5.74, 6) is -0.981. The zero-order valence-corrected chi connectivity index (χ0v) is 12.9. The van der Waals surface area contributed by atoms with Crippen molar-refractivity contribution >= 4 is 16.7 Å². The van der Waals surface area contributed by atoms with E-state index in [0.717, 1.165) is 10.9 Å². The van der Waals surface area contributed by atoms with Crippen molar-refractivity contribution in [2.45, 2.75) is 45.6 Å². The van der Waals surface area contributed by atoms with Gasteiger partial charge in [0.2, 0.25) is 0 Å². The number of hydrogen-bond acceptors (Lipinski definition) is 2. The van der Waals surface area contributed by atoms with Gasteiger partial charge in [0, 0.05) is 11.6 Å². The minimum absolute atomic E-state index is 0.00999. The van der Waals surface area contributed by atoms with Crippen molar-refractivity contribution in [1.82, 2.24) is 4.57 Å². The number of benzene rings is 1. The fourth-order valence-electron chi connectivity index (χ4n) is 2.47. The lowest BCUT2D eigenvalue weighted by molar-refractivity contribution is -0.141. The second kappa shape index (κ2) is 5.35. The lowest BCUT2D eigenvalue weighted by Crippen LogP contribution is -2.29. The molecule has 0 amide bonds. The van der Waals surface area contributed by atoms with Gasteiger partial charge in [-0.05, 0) is 34.9 Å². The van der Waals surface area contributed by atoms with Gasteiger partial charge in [0.1, 0.15) is 6.04 Å². The summed E-state index contributed by atoms with van der Waals surface area (Å²) < 4.78 is 1.31. The first-order chi connectivity index (χ1) is 9.75. The van der Waals surface area contributed by atoms with Gasteiger partial charge in [-0.2, -0.15) is 0 Å². The summed E-state index contributed by atoms with van der Waals surface area (Å²) in [6.45, 7) is 8.12. The molecule has 2 aromatic rings. The van der Waals surface area contributed by atoms with E-state index in [4.69, 9.17) is 0 Å². The van der Waals surface area contributed by atoms with E-state index in [0.29, 0.717) is 11.8 Å².